The van der Waals surface area contributed by atoms with Gasteiger partial charge in [0.2, 0.25) is 0 Å². The van der Waals surface area contributed by atoms with Crippen LogP contribution in [0.5, 0.6) is 0 Å². The molecule has 0 saturated carbocycles. The number of rotatable bonds is 5. The number of carbonyl (C=O) groups excluding carboxylic acids is 1. The van der Waals surface area contributed by atoms with Gasteiger partial charge in [-0.1, -0.05) is 47.6 Å². The van der Waals surface area contributed by atoms with Gasteiger partial charge in [0.05, 0.1) is 0 Å². The van der Waals surface area contributed by atoms with Crippen molar-refractivity contribution in [3.05, 3.63) is 91.9 Å². The van der Waals surface area contributed by atoms with E-state index in [0.29, 0.717) is 32.6 Å². The number of aryl methyl sites for hydroxylation is 1. The number of nitrogens with one attached hydrogen (secondary N) is 1. The summed E-state index contributed by atoms with van der Waals surface area (Å²) in [5, 5.41) is 1.20. The summed E-state index contributed by atoms with van der Waals surface area (Å²) in [6, 6.07) is 14.3. The monoisotopic (exact) mass is 384 g/mol. The molecule has 0 spiro atoms. The van der Waals surface area contributed by atoms with Crippen molar-refractivity contribution in [2.75, 3.05) is 0 Å². The number of nitrogens with zero attached hydrogens (tertiary/aromatic N) is 1. The first-order chi connectivity index (χ1) is 12.4. The van der Waals surface area contributed by atoms with Crippen molar-refractivity contribution in [2.45, 2.75) is 24.8 Å². The van der Waals surface area contributed by atoms with Crippen molar-refractivity contribution in [1.82, 2.24) is 9.97 Å². The summed E-state index contributed by atoms with van der Waals surface area (Å²) >= 11 is 7.31. The fourth-order valence-electron chi connectivity index (χ4n) is 2.36. The molecule has 0 radical (unpaired) electrons. The molecular formula is C20H17ClN2O2S. The summed E-state index contributed by atoms with van der Waals surface area (Å²) in [7, 11) is 0. The molecule has 3 rings (SSSR count). The van der Waals surface area contributed by atoms with E-state index in [1.807, 2.05) is 31.2 Å². The van der Waals surface area contributed by atoms with Gasteiger partial charge in [0.15, 0.2) is 10.9 Å². The number of halogens is 1. The Labute approximate surface area is 160 Å². The number of aromatic amines is 1. The van der Waals surface area contributed by atoms with Crippen LogP contribution < -0.4 is 5.56 Å². The number of aromatic nitrogens is 2. The third-order valence-electron chi connectivity index (χ3n) is 4.07. The third-order valence-corrected chi connectivity index (χ3v) is 5.27. The third kappa shape index (κ3) is 4.23. The van der Waals surface area contributed by atoms with Crippen molar-refractivity contribution in [3.8, 4) is 0 Å². The van der Waals surface area contributed by atoms with E-state index < -0.39 is 0 Å². The molecular weight excluding hydrogens is 368 g/mol. The molecule has 2 aromatic carbocycles. The van der Waals surface area contributed by atoms with Gasteiger partial charge in [-0.25, -0.2) is 4.98 Å². The van der Waals surface area contributed by atoms with Crippen molar-refractivity contribution in [3.63, 3.8) is 0 Å². The van der Waals surface area contributed by atoms with Gasteiger partial charge in [-0.3, -0.25) is 9.59 Å². The molecule has 1 N–H and O–H groups in total. The fourth-order valence-corrected chi connectivity index (χ4v) is 3.35. The lowest BCUT2D eigenvalue weighted by atomic mass is 10.0. The fraction of sp³-hybridized carbons (Fsp3) is 0.150. The highest BCUT2D eigenvalue weighted by Gasteiger charge is 2.09. The average Bonchev–Trinajstić information content (AvgIpc) is 2.65. The van der Waals surface area contributed by atoms with E-state index in [0.717, 1.165) is 11.3 Å². The molecule has 0 unspecified atom stereocenters. The van der Waals surface area contributed by atoms with Gasteiger partial charge in [-0.2, -0.15) is 0 Å². The molecule has 0 atom stereocenters. The number of ketones is 1. The summed E-state index contributed by atoms with van der Waals surface area (Å²) in [6.45, 7) is 3.58. The maximum Gasteiger partial charge on any atom is 0.254 e. The SMILES string of the molecule is Cc1nc(SCc2ccc(C(=O)c3ccc(Cl)cc3)cc2)[nH]c(=O)c1C. The normalized spacial score (nSPS) is 10.7. The van der Waals surface area contributed by atoms with Gasteiger partial charge in [0.25, 0.3) is 5.56 Å². The minimum atomic E-state index is -0.107. The second-order valence-corrected chi connectivity index (χ2v) is 7.30. The number of benzene rings is 2. The van der Waals surface area contributed by atoms with Gasteiger partial charge in [-0.05, 0) is 43.7 Å². The van der Waals surface area contributed by atoms with Gasteiger partial charge in [-0.15, -0.1) is 0 Å². The summed E-state index contributed by atoms with van der Waals surface area (Å²) < 4.78 is 0. The molecule has 1 aromatic heterocycles. The first-order valence-corrected chi connectivity index (χ1v) is 9.40. The Morgan fingerprint density at radius 3 is 2.19 bits per heavy atom. The Bertz CT molecular complexity index is 996. The zero-order valence-corrected chi connectivity index (χ0v) is 15.9. The molecule has 132 valence electrons. The molecule has 4 nitrogen and oxygen atoms in total. The van der Waals surface area contributed by atoms with E-state index in [2.05, 4.69) is 9.97 Å². The summed E-state index contributed by atoms with van der Waals surface area (Å²) in [5.41, 5.74) is 3.54. The van der Waals surface area contributed by atoms with Crippen molar-refractivity contribution < 1.29 is 4.79 Å². The molecule has 0 aliphatic rings. The van der Waals surface area contributed by atoms with E-state index in [9.17, 15) is 9.59 Å². The Balaban J connectivity index is 1.69. The van der Waals surface area contributed by atoms with E-state index in [1.165, 1.54) is 11.8 Å². The van der Waals surface area contributed by atoms with E-state index in [1.54, 1.807) is 31.2 Å². The first kappa shape index (κ1) is 18.4. The number of hydrogen-bond acceptors (Lipinski definition) is 4. The summed E-state index contributed by atoms with van der Waals surface area (Å²) in [6.07, 6.45) is 0. The van der Waals surface area contributed by atoms with Crippen LogP contribution in [0.15, 0.2) is 58.5 Å². The Hall–Kier alpha value is -2.37. The van der Waals surface area contributed by atoms with Gasteiger partial charge in [0, 0.05) is 33.2 Å². The van der Waals surface area contributed by atoms with Crippen LogP contribution in [0.3, 0.4) is 0 Å². The molecule has 0 amide bonds. The molecule has 3 aromatic rings. The predicted molar refractivity (Wildman–Crippen MR) is 105 cm³/mol. The first-order valence-electron chi connectivity index (χ1n) is 8.03. The highest BCUT2D eigenvalue weighted by Crippen LogP contribution is 2.20. The average molecular weight is 385 g/mol. The molecule has 0 saturated heterocycles. The highest BCUT2D eigenvalue weighted by atomic mass is 35.5. The molecule has 26 heavy (non-hydrogen) atoms. The van der Waals surface area contributed by atoms with Crippen LogP contribution in [-0.2, 0) is 5.75 Å². The van der Waals surface area contributed by atoms with Crippen LogP contribution in [0, 0.1) is 13.8 Å². The largest absolute Gasteiger partial charge is 0.301 e. The van der Waals surface area contributed by atoms with E-state index in [4.69, 9.17) is 11.6 Å². The molecule has 1 heterocycles. The van der Waals surface area contributed by atoms with Crippen LogP contribution in [0.25, 0.3) is 0 Å². The molecule has 0 aliphatic heterocycles. The maximum atomic E-state index is 12.5. The minimum absolute atomic E-state index is 0.0407. The second kappa shape index (κ2) is 7.89. The number of thioether (sulfide) groups is 1. The summed E-state index contributed by atoms with van der Waals surface area (Å²) in [4.78, 5) is 31.4. The smallest absolute Gasteiger partial charge is 0.254 e. The Kier molecular flexibility index (Phi) is 5.59. The van der Waals surface area contributed by atoms with E-state index in [-0.39, 0.29) is 11.3 Å². The van der Waals surface area contributed by atoms with Crippen LogP contribution in [-0.4, -0.2) is 15.8 Å². The minimum Gasteiger partial charge on any atom is -0.301 e. The van der Waals surface area contributed by atoms with Gasteiger partial charge >= 0.3 is 0 Å². The molecule has 0 fully saturated rings. The molecule has 0 aliphatic carbocycles. The van der Waals surface area contributed by atoms with Crippen LogP contribution in [0.4, 0.5) is 0 Å². The zero-order chi connectivity index (χ0) is 18.7. The standard InChI is InChI=1S/C20H17ClN2O2S/c1-12-13(2)22-20(23-19(12)25)26-11-14-3-5-15(6-4-14)18(24)16-7-9-17(21)10-8-16/h3-10H,11H2,1-2H3,(H,22,23,25). The Morgan fingerprint density at radius 1 is 1.04 bits per heavy atom. The van der Waals surface area contributed by atoms with Crippen molar-refractivity contribution >= 4 is 29.1 Å². The number of carbonyl (C=O) groups is 1. The highest BCUT2D eigenvalue weighted by molar-refractivity contribution is 7.98. The lowest BCUT2D eigenvalue weighted by Gasteiger charge is -2.06. The van der Waals surface area contributed by atoms with Gasteiger partial charge < -0.3 is 4.98 Å². The van der Waals surface area contributed by atoms with Crippen molar-refractivity contribution in [2.24, 2.45) is 0 Å². The lowest BCUT2D eigenvalue weighted by Crippen LogP contribution is -2.14. The maximum absolute atomic E-state index is 12.5. The van der Waals surface area contributed by atoms with Gasteiger partial charge in [0.1, 0.15) is 0 Å². The van der Waals surface area contributed by atoms with Crippen LogP contribution in [0.2, 0.25) is 5.02 Å². The van der Waals surface area contributed by atoms with Crippen LogP contribution >= 0.6 is 23.4 Å². The number of hydrogen-bond donors (Lipinski definition) is 1. The molecule has 6 heteroatoms. The van der Waals surface area contributed by atoms with Crippen molar-refractivity contribution in [1.29, 1.82) is 0 Å². The lowest BCUT2D eigenvalue weighted by molar-refractivity contribution is 0.103. The quantitative estimate of drug-likeness (QED) is 0.398. The topological polar surface area (TPSA) is 62.8 Å². The zero-order valence-electron chi connectivity index (χ0n) is 14.4. The summed E-state index contributed by atoms with van der Waals surface area (Å²) in [5.74, 6) is 0.613. The van der Waals surface area contributed by atoms with E-state index >= 15 is 0 Å². The molecule has 0 bridgehead atoms. The Morgan fingerprint density at radius 2 is 1.62 bits per heavy atom. The number of H-pyrrole nitrogens is 1. The second-order valence-electron chi connectivity index (χ2n) is 5.90. The predicted octanol–water partition coefficient (Wildman–Crippen LogP) is 4.56. The van der Waals surface area contributed by atoms with Crippen LogP contribution in [0.1, 0.15) is 32.7 Å².